The predicted octanol–water partition coefficient (Wildman–Crippen LogP) is 3.18. The fraction of sp³-hybridized carbons (Fsp3) is 0.222. The Hall–Kier alpha value is -0.890. The van der Waals surface area contributed by atoms with E-state index in [4.69, 9.17) is 11.6 Å². The van der Waals surface area contributed by atoms with Gasteiger partial charge in [-0.3, -0.25) is 4.79 Å². The number of hydrogen-bond donors (Lipinski definition) is 0. The molecule has 0 fully saturated rings. The van der Waals surface area contributed by atoms with Crippen LogP contribution in [0.2, 0.25) is 5.02 Å². The van der Waals surface area contributed by atoms with Gasteiger partial charge in [-0.1, -0.05) is 23.7 Å². The van der Waals surface area contributed by atoms with Gasteiger partial charge in [0.25, 0.3) is 0 Å². The highest BCUT2D eigenvalue weighted by atomic mass is 35.5. The van der Waals surface area contributed by atoms with E-state index in [0.717, 1.165) is 0 Å². The van der Waals surface area contributed by atoms with Crippen molar-refractivity contribution in [3.8, 4) is 0 Å². The van der Waals surface area contributed by atoms with Crippen LogP contribution < -0.4 is 0 Å². The maximum atomic E-state index is 12.9. The van der Waals surface area contributed by atoms with E-state index >= 15 is 0 Å². The van der Waals surface area contributed by atoms with Crippen molar-refractivity contribution in [2.45, 2.75) is 13.1 Å². The van der Waals surface area contributed by atoms with Crippen molar-refractivity contribution in [1.29, 1.82) is 0 Å². The van der Waals surface area contributed by atoms with Crippen LogP contribution in [0.4, 0.5) is 4.39 Å². The summed E-state index contributed by atoms with van der Waals surface area (Å²) < 4.78 is 12.9. The van der Waals surface area contributed by atoms with Crippen LogP contribution in [-0.2, 0) is 0 Å². The number of aldehydes is 1. The SMILES string of the molecule is CC(F)c1c(Cl)cccc1C=O. The second kappa shape index (κ2) is 3.68. The molecule has 0 spiro atoms. The molecule has 0 aliphatic heterocycles. The summed E-state index contributed by atoms with van der Waals surface area (Å²) in [6.45, 7) is 1.36. The van der Waals surface area contributed by atoms with Crippen LogP contribution in [-0.4, -0.2) is 6.29 Å². The molecule has 3 heteroatoms. The summed E-state index contributed by atoms with van der Waals surface area (Å²) in [5, 5.41) is 0.301. The minimum absolute atomic E-state index is 0.272. The minimum Gasteiger partial charge on any atom is -0.298 e. The third-order valence-electron chi connectivity index (χ3n) is 1.61. The Morgan fingerprint density at radius 2 is 2.25 bits per heavy atom. The predicted molar refractivity (Wildman–Crippen MR) is 46.4 cm³/mol. The first-order valence-corrected chi connectivity index (χ1v) is 3.92. The molecule has 12 heavy (non-hydrogen) atoms. The molecule has 1 rings (SSSR count). The van der Waals surface area contributed by atoms with Gasteiger partial charge in [0.05, 0.1) is 0 Å². The summed E-state index contributed by atoms with van der Waals surface area (Å²) in [5.74, 6) is 0. The van der Waals surface area contributed by atoms with Crippen LogP contribution in [0.25, 0.3) is 0 Å². The maximum Gasteiger partial charge on any atom is 0.150 e. The number of hydrogen-bond acceptors (Lipinski definition) is 1. The fourth-order valence-corrected chi connectivity index (χ4v) is 1.41. The number of alkyl halides is 1. The average Bonchev–Trinajstić information content (AvgIpc) is 2.03. The summed E-state index contributed by atoms with van der Waals surface area (Å²) in [5.41, 5.74) is 0.590. The first-order valence-electron chi connectivity index (χ1n) is 3.54. The van der Waals surface area contributed by atoms with Gasteiger partial charge in [0.15, 0.2) is 0 Å². The molecule has 0 aromatic heterocycles. The largest absolute Gasteiger partial charge is 0.298 e. The molecule has 1 nitrogen and oxygen atoms in total. The molecule has 0 saturated carbocycles. The summed E-state index contributed by atoms with van der Waals surface area (Å²) in [6.07, 6.45) is -0.601. The Morgan fingerprint density at radius 3 is 2.67 bits per heavy atom. The van der Waals surface area contributed by atoms with E-state index < -0.39 is 6.17 Å². The standard InChI is InChI=1S/C9H8ClFO/c1-6(11)9-7(5-12)3-2-4-8(9)10/h2-6H,1H3. The summed E-state index contributed by atoms with van der Waals surface area (Å²) in [7, 11) is 0. The van der Waals surface area contributed by atoms with Gasteiger partial charge in [-0.25, -0.2) is 4.39 Å². The normalized spacial score (nSPS) is 12.6. The van der Waals surface area contributed by atoms with E-state index in [1.165, 1.54) is 6.92 Å². The van der Waals surface area contributed by atoms with E-state index in [0.29, 0.717) is 16.9 Å². The lowest BCUT2D eigenvalue weighted by molar-refractivity contribution is 0.112. The van der Waals surface area contributed by atoms with Gasteiger partial charge < -0.3 is 0 Å². The van der Waals surface area contributed by atoms with E-state index in [1.807, 2.05) is 0 Å². The summed E-state index contributed by atoms with van der Waals surface area (Å²) in [6, 6.07) is 4.74. The lowest BCUT2D eigenvalue weighted by Crippen LogP contribution is -1.94. The quantitative estimate of drug-likeness (QED) is 0.649. The summed E-state index contributed by atoms with van der Waals surface area (Å²) >= 11 is 5.70. The molecule has 0 aliphatic carbocycles. The molecule has 1 aromatic rings. The molecule has 0 N–H and O–H groups in total. The summed E-state index contributed by atoms with van der Waals surface area (Å²) in [4.78, 5) is 10.5. The van der Waals surface area contributed by atoms with Gasteiger partial charge in [0.1, 0.15) is 12.5 Å². The number of halogens is 2. The molecule has 0 saturated heterocycles. The Balaban J connectivity index is 3.29. The topological polar surface area (TPSA) is 17.1 Å². The lowest BCUT2D eigenvalue weighted by atomic mass is 10.1. The molecule has 1 atom stereocenters. The van der Waals surface area contributed by atoms with Crippen LogP contribution in [0.5, 0.6) is 0 Å². The molecule has 1 aromatic carbocycles. The van der Waals surface area contributed by atoms with Gasteiger partial charge in [0, 0.05) is 16.1 Å². The van der Waals surface area contributed by atoms with Crippen molar-refractivity contribution in [2.24, 2.45) is 0 Å². The number of carbonyl (C=O) groups excluding carboxylic acids is 1. The number of benzene rings is 1. The van der Waals surface area contributed by atoms with E-state index in [9.17, 15) is 9.18 Å². The van der Waals surface area contributed by atoms with E-state index in [-0.39, 0.29) is 5.56 Å². The third kappa shape index (κ3) is 1.64. The Kier molecular flexibility index (Phi) is 2.82. The number of carbonyl (C=O) groups is 1. The zero-order chi connectivity index (χ0) is 9.14. The third-order valence-corrected chi connectivity index (χ3v) is 1.94. The van der Waals surface area contributed by atoms with Crippen LogP contribution in [0.1, 0.15) is 29.0 Å². The monoisotopic (exact) mass is 186 g/mol. The van der Waals surface area contributed by atoms with Crippen molar-refractivity contribution < 1.29 is 9.18 Å². The van der Waals surface area contributed by atoms with Crippen LogP contribution in [0, 0.1) is 0 Å². The zero-order valence-electron chi connectivity index (χ0n) is 6.55. The maximum absolute atomic E-state index is 12.9. The molecule has 0 bridgehead atoms. The zero-order valence-corrected chi connectivity index (χ0v) is 7.31. The highest BCUT2D eigenvalue weighted by molar-refractivity contribution is 6.31. The lowest BCUT2D eigenvalue weighted by Gasteiger charge is -2.07. The van der Waals surface area contributed by atoms with Crippen LogP contribution in [0.15, 0.2) is 18.2 Å². The van der Waals surface area contributed by atoms with Crippen molar-refractivity contribution in [3.05, 3.63) is 34.3 Å². The van der Waals surface area contributed by atoms with E-state index in [1.54, 1.807) is 18.2 Å². The Bertz CT molecular complexity index is 297. The van der Waals surface area contributed by atoms with Crippen LogP contribution in [0.3, 0.4) is 0 Å². The van der Waals surface area contributed by atoms with Crippen molar-refractivity contribution in [3.63, 3.8) is 0 Å². The van der Waals surface area contributed by atoms with Crippen LogP contribution >= 0.6 is 11.6 Å². The highest BCUT2D eigenvalue weighted by Gasteiger charge is 2.12. The molecule has 0 radical (unpaired) electrons. The second-order valence-corrected chi connectivity index (χ2v) is 2.88. The molecular formula is C9H8ClFO. The minimum atomic E-state index is -1.21. The molecule has 0 heterocycles. The van der Waals surface area contributed by atoms with Gasteiger partial charge in [-0.15, -0.1) is 0 Å². The first kappa shape index (κ1) is 9.20. The fourth-order valence-electron chi connectivity index (χ4n) is 1.08. The molecular weight excluding hydrogens is 179 g/mol. The Morgan fingerprint density at radius 1 is 1.58 bits per heavy atom. The van der Waals surface area contributed by atoms with Crippen molar-refractivity contribution in [2.75, 3.05) is 0 Å². The molecule has 1 unspecified atom stereocenters. The van der Waals surface area contributed by atoms with Crippen molar-refractivity contribution in [1.82, 2.24) is 0 Å². The molecule has 0 amide bonds. The van der Waals surface area contributed by atoms with Gasteiger partial charge in [-0.05, 0) is 13.0 Å². The van der Waals surface area contributed by atoms with Crippen molar-refractivity contribution >= 4 is 17.9 Å². The number of rotatable bonds is 2. The smallest absolute Gasteiger partial charge is 0.150 e. The first-order chi connectivity index (χ1) is 5.66. The molecule has 0 aliphatic rings. The second-order valence-electron chi connectivity index (χ2n) is 2.48. The Labute approximate surface area is 75.2 Å². The van der Waals surface area contributed by atoms with E-state index in [2.05, 4.69) is 0 Å². The van der Waals surface area contributed by atoms with Gasteiger partial charge in [-0.2, -0.15) is 0 Å². The van der Waals surface area contributed by atoms with Gasteiger partial charge >= 0.3 is 0 Å². The molecule has 64 valence electrons. The van der Waals surface area contributed by atoms with Gasteiger partial charge in [0.2, 0.25) is 0 Å². The average molecular weight is 187 g/mol. The highest BCUT2D eigenvalue weighted by Crippen LogP contribution is 2.27.